The zero-order valence-corrected chi connectivity index (χ0v) is 12.0. The predicted octanol–water partition coefficient (Wildman–Crippen LogP) is 2.56. The Bertz CT molecular complexity index is 598. The van der Waals surface area contributed by atoms with Gasteiger partial charge in [-0.15, -0.1) is 0 Å². The lowest BCUT2D eigenvalue weighted by Gasteiger charge is -2.21. The summed E-state index contributed by atoms with van der Waals surface area (Å²) in [7, 11) is 3.77. The number of anilines is 1. The molecule has 100 valence electrons. The van der Waals surface area contributed by atoms with E-state index in [0.29, 0.717) is 11.6 Å². The summed E-state index contributed by atoms with van der Waals surface area (Å²) in [4.78, 5) is 2.61. The Hall–Kier alpha value is -1.65. The van der Waals surface area contributed by atoms with Gasteiger partial charge in [0.1, 0.15) is 4.99 Å². The average molecular weight is 274 g/mol. The minimum Gasteiger partial charge on any atom is -0.389 e. The standard InChI is InChI=1S/C15H18N2OS/c1-17(9-10-18-2)14-8-7-13(15(16)19)11-5-3-4-6-12(11)14/h3-8H,9-10H2,1-2H3,(H2,16,19). The Labute approximate surface area is 119 Å². The fourth-order valence-electron chi connectivity index (χ4n) is 2.18. The Morgan fingerprint density at radius 1 is 1.21 bits per heavy atom. The second-order valence-electron chi connectivity index (χ2n) is 4.46. The number of methoxy groups -OCH3 is 1. The average Bonchev–Trinajstić information content (AvgIpc) is 2.43. The molecule has 0 aromatic heterocycles. The third kappa shape index (κ3) is 2.85. The van der Waals surface area contributed by atoms with Gasteiger partial charge in [-0.05, 0) is 17.5 Å². The molecule has 0 aliphatic heterocycles. The summed E-state index contributed by atoms with van der Waals surface area (Å²) in [5.74, 6) is 0. The van der Waals surface area contributed by atoms with Gasteiger partial charge in [-0.1, -0.05) is 36.5 Å². The zero-order chi connectivity index (χ0) is 13.8. The maximum atomic E-state index is 5.78. The summed E-state index contributed by atoms with van der Waals surface area (Å²) in [6.07, 6.45) is 0. The molecule has 0 saturated carbocycles. The van der Waals surface area contributed by atoms with Gasteiger partial charge in [0.2, 0.25) is 0 Å². The highest BCUT2D eigenvalue weighted by atomic mass is 32.1. The molecule has 2 aromatic carbocycles. The number of benzene rings is 2. The van der Waals surface area contributed by atoms with E-state index in [1.165, 1.54) is 0 Å². The Balaban J connectivity index is 2.52. The molecular formula is C15H18N2OS. The smallest absolute Gasteiger partial charge is 0.104 e. The van der Waals surface area contributed by atoms with Crippen molar-refractivity contribution in [1.82, 2.24) is 0 Å². The van der Waals surface area contributed by atoms with Crippen LogP contribution < -0.4 is 10.6 Å². The van der Waals surface area contributed by atoms with Gasteiger partial charge in [-0.3, -0.25) is 0 Å². The van der Waals surface area contributed by atoms with Crippen molar-refractivity contribution in [3.05, 3.63) is 42.0 Å². The maximum absolute atomic E-state index is 5.78. The second kappa shape index (κ2) is 5.99. The van der Waals surface area contributed by atoms with E-state index in [2.05, 4.69) is 30.1 Å². The molecule has 19 heavy (non-hydrogen) atoms. The van der Waals surface area contributed by atoms with Crippen LogP contribution in [0.5, 0.6) is 0 Å². The third-order valence-electron chi connectivity index (χ3n) is 3.21. The molecule has 0 saturated heterocycles. The lowest BCUT2D eigenvalue weighted by atomic mass is 10.0. The third-order valence-corrected chi connectivity index (χ3v) is 3.43. The van der Waals surface area contributed by atoms with E-state index in [1.54, 1.807) is 7.11 Å². The minimum atomic E-state index is 0.433. The first-order valence-corrected chi connectivity index (χ1v) is 6.57. The number of hydrogen-bond acceptors (Lipinski definition) is 3. The molecule has 0 bridgehead atoms. The van der Waals surface area contributed by atoms with Crippen LogP contribution in [0, 0.1) is 0 Å². The molecule has 0 fully saturated rings. The van der Waals surface area contributed by atoms with Gasteiger partial charge in [0.15, 0.2) is 0 Å². The molecule has 0 radical (unpaired) electrons. The summed E-state index contributed by atoms with van der Waals surface area (Å²) in [5.41, 5.74) is 7.87. The van der Waals surface area contributed by atoms with Gasteiger partial charge in [0.25, 0.3) is 0 Å². The Kier molecular flexibility index (Phi) is 4.35. The fraction of sp³-hybridized carbons (Fsp3) is 0.267. The molecule has 0 aliphatic rings. The summed E-state index contributed by atoms with van der Waals surface area (Å²) in [5, 5.41) is 2.25. The van der Waals surface area contributed by atoms with Crippen LogP contribution in [0.15, 0.2) is 36.4 Å². The number of likely N-dealkylation sites (N-methyl/N-ethyl adjacent to an activating group) is 1. The molecule has 0 aliphatic carbocycles. The molecule has 0 heterocycles. The lowest BCUT2D eigenvalue weighted by Crippen LogP contribution is -2.22. The number of hydrogen-bond donors (Lipinski definition) is 1. The van der Waals surface area contributed by atoms with E-state index in [1.807, 2.05) is 18.2 Å². The van der Waals surface area contributed by atoms with Gasteiger partial charge in [-0.25, -0.2) is 0 Å². The van der Waals surface area contributed by atoms with Gasteiger partial charge >= 0.3 is 0 Å². The predicted molar refractivity (Wildman–Crippen MR) is 85.0 cm³/mol. The van der Waals surface area contributed by atoms with E-state index in [0.717, 1.165) is 28.6 Å². The molecule has 2 aromatic rings. The van der Waals surface area contributed by atoms with Crippen LogP contribution in [0.3, 0.4) is 0 Å². The van der Waals surface area contributed by atoms with E-state index in [4.69, 9.17) is 22.7 Å². The monoisotopic (exact) mass is 274 g/mol. The van der Waals surface area contributed by atoms with Crippen LogP contribution >= 0.6 is 12.2 Å². The van der Waals surface area contributed by atoms with E-state index in [-0.39, 0.29) is 0 Å². The van der Waals surface area contributed by atoms with Crippen molar-refractivity contribution in [3.8, 4) is 0 Å². The number of nitrogens with zero attached hydrogens (tertiary/aromatic N) is 1. The van der Waals surface area contributed by atoms with Crippen molar-refractivity contribution < 1.29 is 4.74 Å². The Morgan fingerprint density at radius 3 is 2.53 bits per heavy atom. The number of fused-ring (bicyclic) bond motifs is 1. The van der Waals surface area contributed by atoms with Crippen molar-refractivity contribution in [2.45, 2.75) is 0 Å². The zero-order valence-electron chi connectivity index (χ0n) is 11.2. The van der Waals surface area contributed by atoms with Crippen LogP contribution in [0.25, 0.3) is 10.8 Å². The Morgan fingerprint density at radius 2 is 1.89 bits per heavy atom. The molecule has 3 nitrogen and oxygen atoms in total. The maximum Gasteiger partial charge on any atom is 0.104 e. The highest BCUT2D eigenvalue weighted by molar-refractivity contribution is 7.80. The van der Waals surface area contributed by atoms with Crippen molar-refractivity contribution in [3.63, 3.8) is 0 Å². The number of thiocarbonyl (C=S) groups is 1. The molecule has 0 spiro atoms. The van der Waals surface area contributed by atoms with E-state index >= 15 is 0 Å². The van der Waals surface area contributed by atoms with E-state index in [9.17, 15) is 0 Å². The second-order valence-corrected chi connectivity index (χ2v) is 4.90. The first-order chi connectivity index (χ1) is 9.15. The van der Waals surface area contributed by atoms with Gasteiger partial charge < -0.3 is 15.4 Å². The molecular weight excluding hydrogens is 256 g/mol. The van der Waals surface area contributed by atoms with Crippen molar-refractivity contribution in [2.24, 2.45) is 5.73 Å². The molecule has 2 rings (SSSR count). The molecule has 0 unspecified atom stereocenters. The molecule has 4 heteroatoms. The van der Waals surface area contributed by atoms with Crippen molar-refractivity contribution in [1.29, 1.82) is 0 Å². The van der Waals surface area contributed by atoms with E-state index < -0.39 is 0 Å². The number of ether oxygens (including phenoxy) is 1. The quantitative estimate of drug-likeness (QED) is 0.851. The van der Waals surface area contributed by atoms with Crippen LogP contribution in [0.4, 0.5) is 5.69 Å². The summed E-state index contributed by atoms with van der Waals surface area (Å²) >= 11 is 5.11. The molecule has 0 atom stereocenters. The van der Waals surface area contributed by atoms with Gasteiger partial charge in [0.05, 0.1) is 6.61 Å². The minimum absolute atomic E-state index is 0.433. The first kappa shape index (κ1) is 13.8. The topological polar surface area (TPSA) is 38.5 Å². The summed E-state index contributed by atoms with van der Waals surface area (Å²) < 4.78 is 5.13. The first-order valence-electron chi connectivity index (χ1n) is 6.16. The molecule has 0 amide bonds. The van der Waals surface area contributed by atoms with Crippen LogP contribution in [-0.4, -0.2) is 32.3 Å². The van der Waals surface area contributed by atoms with Crippen LogP contribution in [-0.2, 0) is 4.74 Å². The van der Waals surface area contributed by atoms with Gasteiger partial charge in [-0.2, -0.15) is 0 Å². The number of nitrogens with two attached hydrogens (primary N) is 1. The largest absolute Gasteiger partial charge is 0.389 e. The van der Waals surface area contributed by atoms with Crippen molar-refractivity contribution >= 4 is 33.7 Å². The summed E-state index contributed by atoms with van der Waals surface area (Å²) in [6.45, 7) is 1.54. The number of rotatable bonds is 5. The molecule has 2 N–H and O–H groups in total. The van der Waals surface area contributed by atoms with Crippen LogP contribution in [0.2, 0.25) is 0 Å². The SMILES string of the molecule is COCCN(C)c1ccc(C(N)=S)c2ccccc12. The highest BCUT2D eigenvalue weighted by Gasteiger charge is 2.10. The van der Waals surface area contributed by atoms with Crippen LogP contribution in [0.1, 0.15) is 5.56 Å². The highest BCUT2D eigenvalue weighted by Crippen LogP contribution is 2.28. The fourth-order valence-corrected chi connectivity index (χ4v) is 2.36. The lowest BCUT2D eigenvalue weighted by molar-refractivity contribution is 0.206. The summed E-state index contributed by atoms with van der Waals surface area (Å²) in [6, 6.07) is 12.2. The normalized spacial score (nSPS) is 10.6. The van der Waals surface area contributed by atoms with Crippen molar-refractivity contribution in [2.75, 3.05) is 32.2 Å². The van der Waals surface area contributed by atoms with Gasteiger partial charge in [0, 0.05) is 37.3 Å².